The molecule has 32 heavy (non-hydrogen) atoms. The van der Waals surface area contributed by atoms with E-state index in [4.69, 9.17) is 4.74 Å². The number of tetrazole rings is 1. The summed E-state index contributed by atoms with van der Waals surface area (Å²) in [6.45, 7) is 7.05. The summed E-state index contributed by atoms with van der Waals surface area (Å²) in [6, 6.07) is 15.4. The van der Waals surface area contributed by atoms with E-state index in [2.05, 4.69) is 56.5 Å². The summed E-state index contributed by atoms with van der Waals surface area (Å²) in [4.78, 5) is 4.75. The lowest BCUT2D eigenvalue weighted by Crippen LogP contribution is -2.48. The van der Waals surface area contributed by atoms with Gasteiger partial charge in [0.1, 0.15) is 5.82 Å². The lowest BCUT2D eigenvalue weighted by Gasteiger charge is -2.40. The SMILES string of the molecule is Cc1ccc([C@H](c2nnnn2C[C@H]2CCCO2)N2CCN(c3ccc(F)cc3)CC2)cc1. The molecule has 0 bridgehead atoms. The number of ether oxygens (including phenoxy) is 1. The second-order valence-electron chi connectivity index (χ2n) is 8.67. The van der Waals surface area contributed by atoms with E-state index in [0.717, 1.165) is 57.1 Å². The predicted octanol–water partition coefficient (Wildman–Crippen LogP) is 3.21. The van der Waals surface area contributed by atoms with E-state index >= 15 is 0 Å². The van der Waals surface area contributed by atoms with Crippen LogP contribution < -0.4 is 4.90 Å². The minimum atomic E-state index is -0.204. The van der Waals surface area contributed by atoms with Crippen LogP contribution in [-0.4, -0.2) is 64.0 Å². The molecular formula is C24H29FN6O. The maximum atomic E-state index is 13.3. The zero-order valence-corrected chi connectivity index (χ0v) is 18.4. The Bertz CT molecular complexity index is 1010. The molecule has 0 amide bonds. The van der Waals surface area contributed by atoms with Crippen LogP contribution in [0.3, 0.4) is 0 Å². The zero-order chi connectivity index (χ0) is 21.9. The van der Waals surface area contributed by atoms with Gasteiger partial charge in [-0.05, 0) is 60.0 Å². The smallest absolute Gasteiger partial charge is 0.173 e. The average molecular weight is 437 g/mol. The lowest BCUT2D eigenvalue weighted by molar-refractivity contribution is 0.0906. The molecule has 2 aliphatic heterocycles. The van der Waals surface area contributed by atoms with E-state index in [0.29, 0.717) is 6.54 Å². The van der Waals surface area contributed by atoms with Gasteiger partial charge in [0.25, 0.3) is 0 Å². The van der Waals surface area contributed by atoms with Crippen molar-refractivity contribution >= 4 is 5.69 Å². The summed E-state index contributed by atoms with van der Waals surface area (Å²) in [5.41, 5.74) is 3.47. The van der Waals surface area contributed by atoms with Crippen molar-refractivity contribution in [2.75, 3.05) is 37.7 Å². The Labute approximate surface area is 187 Å². The average Bonchev–Trinajstić information content (AvgIpc) is 3.49. The van der Waals surface area contributed by atoms with Gasteiger partial charge in [0, 0.05) is 38.5 Å². The Morgan fingerprint density at radius 2 is 1.78 bits per heavy atom. The Morgan fingerprint density at radius 1 is 1.03 bits per heavy atom. The zero-order valence-electron chi connectivity index (χ0n) is 18.4. The molecule has 2 aliphatic rings. The predicted molar refractivity (Wildman–Crippen MR) is 120 cm³/mol. The second kappa shape index (κ2) is 9.34. The third-order valence-electron chi connectivity index (χ3n) is 6.47. The number of piperazine rings is 1. The monoisotopic (exact) mass is 436 g/mol. The maximum Gasteiger partial charge on any atom is 0.173 e. The molecule has 7 nitrogen and oxygen atoms in total. The molecule has 0 spiro atoms. The number of rotatable bonds is 6. The number of hydrogen-bond acceptors (Lipinski definition) is 6. The Balaban J connectivity index is 1.38. The van der Waals surface area contributed by atoms with Crippen LogP contribution in [0.1, 0.15) is 35.8 Å². The highest BCUT2D eigenvalue weighted by atomic mass is 19.1. The highest BCUT2D eigenvalue weighted by Gasteiger charge is 2.31. The first-order chi connectivity index (χ1) is 15.7. The summed E-state index contributed by atoms with van der Waals surface area (Å²) >= 11 is 0. The molecule has 0 radical (unpaired) electrons. The van der Waals surface area contributed by atoms with Gasteiger partial charge in [-0.3, -0.25) is 4.90 Å². The first-order valence-electron chi connectivity index (χ1n) is 11.4. The minimum Gasteiger partial charge on any atom is -0.376 e. The molecule has 3 aromatic rings. The van der Waals surface area contributed by atoms with Gasteiger partial charge in [-0.15, -0.1) is 5.10 Å². The Morgan fingerprint density at radius 3 is 2.47 bits per heavy atom. The number of aromatic nitrogens is 4. The summed E-state index contributed by atoms with van der Waals surface area (Å²) in [7, 11) is 0. The van der Waals surface area contributed by atoms with E-state index in [1.165, 1.54) is 23.3 Å². The molecule has 8 heteroatoms. The van der Waals surface area contributed by atoms with E-state index < -0.39 is 0 Å². The number of halogens is 1. The topological polar surface area (TPSA) is 59.3 Å². The Kier molecular flexibility index (Phi) is 6.14. The number of hydrogen-bond donors (Lipinski definition) is 0. The fraction of sp³-hybridized carbons (Fsp3) is 0.458. The molecule has 0 N–H and O–H groups in total. The van der Waals surface area contributed by atoms with Gasteiger partial charge in [0.2, 0.25) is 0 Å². The summed E-state index contributed by atoms with van der Waals surface area (Å²) in [6.07, 6.45) is 2.31. The third kappa shape index (κ3) is 4.52. The molecule has 0 unspecified atom stereocenters. The molecule has 2 atom stereocenters. The van der Waals surface area contributed by atoms with Crippen molar-refractivity contribution in [1.29, 1.82) is 0 Å². The highest BCUT2D eigenvalue weighted by molar-refractivity contribution is 5.46. The van der Waals surface area contributed by atoms with Crippen molar-refractivity contribution in [3.05, 3.63) is 71.3 Å². The lowest BCUT2D eigenvalue weighted by atomic mass is 10.0. The van der Waals surface area contributed by atoms with Crippen LogP contribution in [0.15, 0.2) is 48.5 Å². The van der Waals surface area contributed by atoms with Gasteiger partial charge >= 0.3 is 0 Å². The molecule has 2 aromatic carbocycles. The first-order valence-corrected chi connectivity index (χ1v) is 11.4. The van der Waals surface area contributed by atoms with Crippen LogP contribution in [0.4, 0.5) is 10.1 Å². The van der Waals surface area contributed by atoms with Crippen LogP contribution in [-0.2, 0) is 11.3 Å². The van der Waals surface area contributed by atoms with E-state index in [1.54, 1.807) is 0 Å². The van der Waals surface area contributed by atoms with E-state index in [-0.39, 0.29) is 18.0 Å². The molecular weight excluding hydrogens is 407 g/mol. The van der Waals surface area contributed by atoms with Crippen LogP contribution in [0.2, 0.25) is 0 Å². The molecule has 0 saturated carbocycles. The van der Waals surface area contributed by atoms with Crippen LogP contribution in [0.25, 0.3) is 0 Å². The van der Waals surface area contributed by atoms with Crippen molar-refractivity contribution in [2.45, 2.75) is 38.5 Å². The molecule has 168 valence electrons. The fourth-order valence-corrected chi connectivity index (χ4v) is 4.68. The van der Waals surface area contributed by atoms with Crippen molar-refractivity contribution in [2.24, 2.45) is 0 Å². The summed E-state index contributed by atoms with van der Waals surface area (Å²) in [5.74, 6) is 0.657. The van der Waals surface area contributed by atoms with Gasteiger partial charge in [-0.2, -0.15) is 0 Å². The van der Waals surface area contributed by atoms with Crippen molar-refractivity contribution in [3.8, 4) is 0 Å². The number of anilines is 1. The fourth-order valence-electron chi connectivity index (χ4n) is 4.68. The van der Waals surface area contributed by atoms with Crippen molar-refractivity contribution < 1.29 is 9.13 Å². The van der Waals surface area contributed by atoms with Crippen molar-refractivity contribution in [1.82, 2.24) is 25.1 Å². The van der Waals surface area contributed by atoms with Crippen LogP contribution in [0, 0.1) is 12.7 Å². The van der Waals surface area contributed by atoms with Gasteiger partial charge < -0.3 is 9.64 Å². The standard InChI is InChI=1S/C24H29FN6O/c1-18-4-6-19(7-5-18)23(24-26-27-28-31(24)17-22-3-2-16-32-22)30-14-12-29(13-15-30)21-10-8-20(25)9-11-21/h4-11,22-23H,2-3,12-17H2,1H3/t22-,23-/m1/s1. The van der Waals surface area contributed by atoms with E-state index in [9.17, 15) is 4.39 Å². The van der Waals surface area contributed by atoms with Gasteiger partial charge in [0.15, 0.2) is 5.82 Å². The minimum absolute atomic E-state index is 0.0256. The van der Waals surface area contributed by atoms with Gasteiger partial charge in [-0.25, -0.2) is 9.07 Å². The molecule has 2 saturated heterocycles. The molecule has 3 heterocycles. The summed E-state index contributed by atoms with van der Waals surface area (Å²) < 4.78 is 21.1. The molecule has 2 fully saturated rings. The van der Waals surface area contributed by atoms with Gasteiger partial charge in [-0.1, -0.05) is 29.8 Å². The number of benzene rings is 2. The van der Waals surface area contributed by atoms with Crippen LogP contribution >= 0.6 is 0 Å². The second-order valence-corrected chi connectivity index (χ2v) is 8.67. The molecule has 5 rings (SSSR count). The summed E-state index contributed by atoms with van der Waals surface area (Å²) in [5, 5.41) is 12.8. The molecule has 1 aromatic heterocycles. The number of aryl methyl sites for hydroxylation is 1. The van der Waals surface area contributed by atoms with Gasteiger partial charge in [0.05, 0.1) is 18.7 Å². The normalized spacial score (nSPS) is 20.6. The first kappa shape index (κ1) is 21.0. The van der Waals surface area contributed by atoms with Crippen LogP contribution in [0.5, 0.6) is 0 Å². The van der Waals surface area contributed by atoms with E-state index in [1.807, 2.05) is 16.8 Å². The number of nitrogens with zero attached hydrogens (tertiary/aromatic N) is 6. The maximum absolute atomic E-state index is 13.3. The van der Waals surface area contributed by atoms with Crippen molar-refractivity contribution in [3.63, 3.8) is 0 Å². The quantitative estimate of drug-likeness (QED) is 0.592. The Hall–Kier alpha value is -2.84. The largest absolute Gasteiger partial charge is 0.376 e. The highest BCUT2D eigenvalue weighted by Crippen LogP contribution is 2.30. The molecule has 0 aliphatic carbocycles. The third-order valence-corrected chi connectivity index (χ3v) is 6.47.